The Morgan fingerprint density at radius 1 is 1.24 bits per heavy atom. The molecule has 0 aromatic heterocycles. The van der Waals surface area contributed by atoms with Gasteiger partial charge in [0.25, 0.3) is 0 Å². The Labute approximate surface area is 104 Å². The van der Waals surface area contributed by atoms with Crippen LogP contribution in [0.2, 0.25) is 0 Å². The van der Waals surface area contributed by atoms with Gasteiger partial charge in [-0.15, -0.1) is 0 Å². The highest BCUT2D eigenvalue weighted by molar-refractivity contribution is 5.44. The first kappa shape index (κ1) is 14.0. The highest BCUT2D eigenvalue weighted by Crippen LogP contribution is 2.10. The van der Waals surface area contributed by atoms with Crippen LogP contribution in [0.5, 0.6) is 0 Å². The summed E-state index contributed by atoms with van der Waals surface area (Å²) in [6.07, 6.45) is 1.97. The summed E-state index contributed by atoms with van der Waals surface area (Å²) in [4.78, 5) is 1.98. The van der Waals surface area contributed by atoms with Crippen molar-refractivity contribution in [2.24, 2.45) is 0 Å². The first-order chi connectivity index (χ1) is 8.11. The van der Waals surface area contributed by atoms with Crippen LogP contribution >= 0.6 is 0 Å². The molecule has 0 fully saturated rings. The van der Waals surface area contributed by atoms with Gasteiger partial charge in [0.05, 0.1) is 6.10 Å². The number of anilines is 1. The van der Waals surface area contributed by atoms with Gasteiger partial charge < -0.3 is 15.3 Å². The molecule has 0 radical (unpaired) electrons. The predicted octanol–water partition coefficient (Wildman–Crippen LogP) is 1.97. The van der Waals surface area contributed by atoms with Crippen molar-refractivity contribution in [3.8, 4) is 0 Å². The van der Waals surface area contributed by atoms with Crippen LogP contribution in [0, 0.1) is 0 Å². The van der Waals surface area contributed by atoms with Crippen molar-refractivity contribution in [3.05, 3.63) is 29.8 Å². The van der Waals surface area contributed by atoms with Gasteiger partial charge in [0.2, 0.25) is 0 Å². The molecule has 0 bridgehead atoms. The fourth-order valence-electron chi connectivity index (χ4n) is 1.80. The predicted molar refractivity (Wildman–Crippen MR) is 73.5 cm³/mol. The van der Waals surface area contributed by atoms with Gasteiger partial charge in [0.15, 0.2) is 0 Å². The molecule has 0 saturated heterocycles. The van der Waals surface area contributed by atoms with Gasteiger partial charge >= 0.3 is 0 Å². The van der Waals surface area contributed by atoms with Crippen molar-refractivity contribution in [2.45, 2.75) is 25.9 Å². The summed E-state index contributed by atoms with van der Waals surface area (Å²) in [5, 5.41) is 13.0. The normalized spacial score (nSPS) is 12.8. The smallest absolute Gasteiger partial charge is 0.0838 e. The summed E-state index contributed by atoms with van der Waals surface area (Å²) < 4.78 is 0. The zero-order valence-electron chi connectivity index (χ0n) is 11.1. The Morgan fingerprint density at radius 2 is 1.88 bits per heavy atom. The molecular weight excluding hydrogens is 212 g/mol. The maximum atomic E-state index is 9.72. The van der Waals surface area contributed by atoms with Crippen LogP contribution in [-0.2, 0) is 6.42 Å². The number of rotatable bonds is 7. The number of aliphatic hydroxyl groups is 1. The van der Waals surface area contributed by atoms with E-state index >= 15 is 0 Å². The van der Waals surface area contributed by atoms with Gasteiger partial charge in [-0.05, 0) is 38.2 Å². The van der Waals surface area contributed by atoms with Crippen molar-refractivity contribution in [1.29, 1.82) is 0 Å². The first-order valence-electron chi connectivity index (χ1n) is 6.27. The average Bonchev–Trinajstić information content (AvgIpc) is 2.28. The third kappa shape index (κ3) is 5.71. The van der Waals surface area contributed by atoms with E-state index in [4.69, 9.17) is 0 Å². The molecule has 0 aliphatic carbocycles. The maximum absolute atomic E-state index is 9.72. The van der Waals surface area contributed by atoms with Crippen LogP contribution in [-0.4, -0.2) is 43.3 Å². The Bertz CT molecular complexity index is 309. The van der Waals surface area contributed by atoms with E-state index in [0.717, 1.165) is 12.1 Å². The van der Waals surface area contributed by atoms with Crippen molar-refractivity contribution in [1.82, 2.24) is 4.90 Å². The number of likely N-dealkylation sites (N-methyl/N-ethyl adjacent to an activating group) is 1. The summed E-state index contributed by atoms with van der Waals surface area (Å²) in [7, 11) is 3.92. The zero-order chi connectivity index (χ0) is 12.7. The lowest BCUT2D eigenvalue weighted by molar-refractivity contribution is 0.148. The second-order valence-electron chi connectivity index (χ2n) is 4.74. The zero-order valence-corrected chi connectivity index (χ0v) is 11.1. The maximum Gasteiger partial charge on any atom is 0.0838 e. The lowest BCUT2D eigenvalue weighted by Gasteiger charge is -2.17. The molecule has 3 nitrogen and oxygen atoms in total. The summed E-state index contributed by atoms with van der Waals surface area (Å²) >= 11 is 0. The van der Waals surface area contributed by atoms with E-state index in [-0.39, 0.29) is 6.10 Å². The van der Waals surface area contributed by atoms with E-state index in [1.54, 1.807) is 0 Å². The van der Waals surface area contributed by atoms with Gasteiger partial charge in [-0.1, -0.05) is 25.5 Å². The molecule has 2 N–H and O–H groups in total. The Hall–Kier alpha value is -1.06. The Balaban J connectivity index is 2.36. The summed E-state index contributed by atoms with van der Waals surface area (Å²) in [6.45, 7) is 3.45. The molecule has 96 valence electrons. The molecule has 1 unspecified atom stereocenters. The number of nitrogens with zero attached hydrogens (tertiary/aromatic N) is 1. The fourth-order valence-corrected chi connectivity index (χ4v) is 1.80. The van der Waals surface area contributed by atoms with E-state index in [9.17, 15) is 5.11 Å². The standard InChI is InChI=1S/C14H24N2O/c1-4-5-12-6-8-13(9-7-12)15-10-14(17)11-16(2)3/h6-9,14-15,17H,4-5,10-11H2,1-3H3. The van der Waals surface area contributed by atoms with E-state index < -0.39 is 0 Å². The number of hydrogen-bond acceptors (Lipinski definition) is 3. The van der Waals surface area contributed by atoms with Crippen molar-refractivity contribution in [2.75, 3.05) is 32.5 Å². The first-order valence-corrected chi connectivity index (χ1v) is 6.27. The van der Waals surface area contributed by atoms with Gasteiger partial charge in [-0.3, -0.25) is 0 Å². The third-order valence-corrected chi connectivity index (χ3v) is 2.61. The molecule has 0 aliphatic heterocycles. The summed E-state index contributed by atoms with van der Waals surface area (Å²) in [5.74, 6) is 0. The van der Waals surface area contributed by atoms with E-state index in [0.29, 0.717) is 13.1 Å². The SMILES string of the molecule is CCCc1ccc(NCC(O)CN(C)C)cc1. The molecular formula is C14H24N2O. The third-order valence-electron chi connectivity index (χ3n) is 2.61. The summed E-state index contributed by atoms with van der Waals surface area (Å²) in [6, 6.07) is 8.44. The monoisotopic (exact) mass is 236 g/mol. The number of benzene rings is 1. The molecule has 1 aromatic rings. The van der Waals surface area contributed by atoms with Crippen LogP contribution in [0.3, 0.4) is 0 Å². The molecule has 0 amide bonds. The van der Waals surface area contributed by atoms with Gasteiger partial charge in [0, 0.05) is 18.8 Å². The van der Waals surface area contributed by atoms with E-state index in [1.807, 2.05) is 19.0 Å². The largest absolute Gasteiger partial charge is 0.390 e. The van der Waals surface area contributed by atoms with Crippen LogP contribution in [0.15, 0.2) is 24.3 Å². The number of hydrogen-bond donors (Lipinski definition) is 2. The second kappa shape index (κ2) is 7.30. The average molecular weight is 236 g/mol. The molecule has 0 saturated carbocycles. The number of nitrogens with one attached hydrogen (secondary N) is 1. The second-order valence-corrected chi connectivity index (χ2v) is 4.74. The molecule has 0 spiro atoms. The van der Waals surface area contributed by atoms with Crippen molar-refractivity contribution in [3.63, 3.8) is 0 Å². The van der Waals surface area contributed by atoms with Crippen molar-refractivity contribution < 1.29 is 5.11 Å². The van der Waals surface area contributed by atoms with Gasteiger partial charge in [0.1, 0.15) is 0 Å². The molecule has 0 aliphatic rings. The number of aliphatic hydroxyl groups excluding tert-OH is 1. The Kier molecular flexibility index (Phi) is 6.01. The highest BCUT2D eigenvalue weighted by Gasteiger charge is 2.04. The molecule has 3 heteroatoms. The molecule has 1 atom stereocenters. The summed E-state index contributed by atoms with van der Waals surface area (Å²) in [5.41, 5.74) is 2.44. The van der Waals surface area contributed by atoms with E-state index in [1.165, 1.54) is 12.0 Å². The highest BCUT2D eigenvalue weighted by atomic mass is 16.3. The minimum Gasteiger partial charge on any atom is -0.390 e. The molecule has 1 rings (SSSR count). The minimum absolute atomic E-state index is 0.333. The fraction of sp³-hybridized carbons (Fsp3) is 0.571. The molecule has 1 aromatic carbocycles. The van der Waals surface area contributed by atoms with Crippen LogP contribution in [0.1, 0.15) is 18.9 Å². The quantitative estimate of drug-likeness (QED) is 0.760. The topological polar surface area (TPSA) is 35.5 Å². The van der Waals surface area contributed by atoms with Crippen LogP contribution in [0.4, 0.5) is 5.69 Å². The lowest BCUT2D eigenvalue weighted by atomic mass is 10.1. The van der Waals surface area contributed by atoms with Crippen LogP contribution in [0.25, 0.3) is 0 Å². The van der Waals surface area contributed by atoms with Crippen molar-refractivity contribution >= 4 is 5.69 Å². The minimum atomic E-state index is -0.333. The van der Waals surface area contributed by atoms with Crippen LogP contribution < -0.4 is 5.32 Å². The molecule has 0 heterocycles. The Morgan fingerprint density at radius 3 is 2.41 bits per heavy atom. The number of aryl methyl sites for hydroxylation is 1. The van der Waals surface area contributed by atoms with Gasteiger partial charge in [-0.25, -0.2) is 0 Å². The van der Waals surface area contributed by atoms with E-state index in [2.05, 4.69) is 36.5 Å². The lowest BCUT2D eigenvalue weighted by Crippen LogP contribution is -2.31. The van der Waals surface area contributed by atoms with Gasteiger partial charge in [-0.2, -0.15) is 0 Å². The molecule has 17 heavy (non-hydrogen) atoms.